The first-order valence-corrected chi connectivity index (χ1v) is 9.40. The summed E-state index contributed by atoms with van der Waals surface area (Å²) < 4.78 is 33.3. The summed E-state index contributed by atoms with van der Waals surface area (Å²) in [4.78, 5) is 11.9. The lowest BCUT2D eigenvalue weighted by molar-refractivity contribution is -0.00235. The lowest BCUT2D eigenvalue weighted by Crippen LogP contribution is -2.29. The topological polar surface area (TPSA) is 73.6 Å². The second-order valence-electron chi connectivity index (χ2n) is 5.37. The number of rotatable bonds is 4. The number of ether oxygens (including phenoxy) is 1. The monoisotopic (exact) mass is 334 g/mol. The van der Waals surface area contributed by atoms with E-state index in [1.165, 1.54) is 6.92 Å². The highest BCUT2D eigenvalue weighted by atomic mass is 35.7. The minimum atomic E-state index is -3.92. The van der Waals surface area contributed by atoms with Crippen LogP contribution in [0.1, 0.15) is 55.3 Å². The molecule has 2 unspecified atom stereocenters. The van der Waals surface area contributed by atoms with Crippen molar-refractivity contribution in [3.63, 3.8) is 0 Å². The van der Waals surface area contributed by atoms with Crippen LogP contribution >= 0.6 is 10.7 Å². The average molecular weight is 335 g/mol. The van der Waals surface area contributed by atoms with Crippen LogP contribution in [0.5, 0.6) is 0 Å². The van der Waals surface area contributed by atoms with Crippen molar-refractivity contribution >= 4 is 25.7 Å². The van der Waals surface area contributed by atoms with Gasteiger partial charge in [-0.1, -0.05) is 13.3 Å². The van der Waals surface area contributed by atoms with Crippen molar-refractivity contribution in [2.75, 3.05) is 0 Å². The first-order chi connectivity index (χ1) is 9.82. The summed E-state index contributed by atoms with van der Waals surface area (Å²) in [6.07, 6.45) is 4.90. The van der Waals surface area contributed by atoms with Crippen molar-refractivity contribution in [1.82, 2.24) is 0 Å². The number of hydrogen-bond donors (Lipinski definition) is 0. The summed E-state index contributed by atoms with van der Waals surface area (Å²) in [6, 6.07) is 1.13. The summed E-state index contributed by atoms with van der Waals surface area (Å²) in [5, 5.41) is 0. The van der Waals surface area contributed by atoms with Crippen molar-refractivity contribution in [2.24, 2.45) is 5.92 Å². The molecule has 1 aromatic heterocycles. The Balaban J connectivity index is 2.13. The van der Waals surface area contributed by atoms with Gasteiger partial charge in [-0.15, -0.1) is 0 Å². The second-order valence-corrected chi connectivity index (χ2v) is 7.90. The van der Waals surface area contributed by atoms with E-state index in [4.69, 9.17) is 19.8 Å². The molecule has 7 heteroatoms. The molecular formula is C14H19ClO5S. The minimum Gasteiger partial charge on any atom is -0.456 e. The van der Waals surface area contributed by atoms with Gasteiger partial charge >= 0.3 is 5.97 Å². The third-order valence-electron chi connectivity index (χ3n) is 3.96. The maximum Gasteiger partial charge on any atom is 0.374 e. The molecule has 1 aliphatic rings. The quantitative estimate of drug-likeness (QED) is 0.620. The van der Waals surface area contributed by atoms with Crippen LogP contribution in [0.4, 0.5) is 0 Å². The Hall–Kier alpha value is -1.01. The van der Waals surface area contributed by atoms with Crippen molar-refractivity contribution in [2.45, 2.75) is 57.0 Å². The van der Waals surface area contributed by atoms with E-state index in [0.717, 1.165) is 38.2 Å². The minimum absolute atomic E-state index is 0.0904. The van der Waals surface area contributed by atoms with Crippen LogP contribution in [0, 0.1) is 12.8 Å². The number of furan rings is 1. The molecule has 0 N–H and O–H groups in total. The summed E-state index contributed by atoms with van der Waals surface area (Å²) in [6.45, 7) is 3.52. The smallest absolute Gasteiger partial charge is 0.374 e. The van der Waals surface area contributed by atoms with Crippen LogP contribution in [0.15, 0.2) is 15.4 Å². The van der Waals surface area contributed by atoms with E-state index in [1.54, 1.807) is 0 Å². The zero-order valence-corrected chi connectivity index (χ0v) is 13.7. The van der Waals surface area contributed by atoms with Gasteiger partial charge in [0.15, 0.2) is 0 Å². The van der Waals surface area contributed by atoms with Gasteiger partial charge in [-0.25, -0.2) is 13.2 Å². The zero-order valence-electron chi connectivity index (χ0n) is 12.1. The fourth-order valence-corrected chi connectivity index (χ4v) is 3.89. The van der Waals surface area contributed by atoms with E-state index >= 15 is 0 Å². The van der Waals surface area contributed by atoms with Gasteiger partial charge in [0.1, 0.15) is 16.8 Å². The van der Waals surface area contributed by atoms with Crippen molar-refractivity contribution in [3.05, 3.63) is 17.6 Å². The Bertz CT molecular complexity index is 619. The van der Waals surface area contributed by atoms with Crippen LogP contribution in [0.2, 0.25) is 0 Å². The van der Waals surface area contributed by atoms with Crippen LogP contribution in [0.3, 0.4) is 0 Å². The number of hydrogen-bond acceptors (Lipinski definition) is 5. The molecule has 0 bridgehead atoms. The summed E-state index contributed by atoms with van der Waals surface area (Å²) >= 11 is 0. The first kappa shape index (κ1) is 16.4. The molecule has 0 spiro atoms. The van der Waals surface area contributed by atoms with E-state index in [0.29, 0.717) is 5.92 Å². The highest BCUT2D eigenvalue weighted by Crippen LogP contribution is 2.30. The molecule has 1 fully saturated rings. The molecule has 0 amide bonds. The third-order valence-corrected chi connectivity index (χ3v) is 5.39. The lowest BCUT2D eigenvalue weighted by Gasteiger charge is -2.30. The molecule has 118 valence electrons. The van der Waals surface area contributed by atoms with Gasteiger partial charge < -0.3 is 9.15 Å². The molecule has 0 aromatic carbocycles. The molecule has 1 saturated carbocycles. The normalized spacial score (nSPS) is 23.0. The predicted molar refractivity (Wildman–Crippen MR) is 77.9 cm³/mol. The molecular weight excluding hydrogens is 316 g/mol. The van der Waals surface area contributed by atoms with Gasteiger partial charge in [-0.3, -0.25) is 0 Å². The second kappa shape index (κ2) is 6.40. The molecule has 21 heavy (non-hydrogen) atoms. The Kier molecular flexibility index (Phi) is 4.99. The molecule has 0 saturated heterocycles. The molecule has 1 heterocycles. The van der Waals surface area contributed by atoms with E-state index in [9.17, 15) is 13.2 Å². The predicted octanol–water partition coefficient (Wildman–Crippen LogP) is 3.64. The van der Waals surface area contributed by atoms with Gasteiger partial charge in [0.2, 0.25) is 5.76 Å². The fourth-order valence-electron chi connectivity index (χ4n) is 2.80. The van der Waals surface area contributed by atoms with Crippen molar-refractivity contribution < 1.29 is 22.4 Å². The SMILES string of the molecule is CCC1CCCCC1OC(=O)c1cc(S(=O)(=O)Cl)c(C)o1. The molecule has 0 radical (unpaired) electrons. The largest absolute Gasteiger partial charge is 0.456 e. The maximum absolute atomic E-state index is 12.1. The van der Waals surface area contributed by atoms with E-state index in [2.05, 4.69) is 6.92 Å². The summed E-state index contributed by atoms with van der Waals surface area (Å²) in [7, 11) is 1.36. The number of esters is 1. The molecule has 1 aliphatic carbocycles. The molecule has 0 aliphatic heterocycles. The fraction of sp³-hybridized carbons (Fsp3) is 0.643. The van der Waals surface area contributed by atoms with Gasteiger partial charge in [0.25, 0.3) is 9.05 Å². The lowest BCUT2D eigenvalue weighted by atomic mass is 9.85. The first-order valence-electron chi connectivity index (χ1n) is 7.09. The standard InChI is InChI=1S/C14H19ClO5S/c1-3-10-6-4-5-7-11(10)20-14(16)12-8-13(9(2)19-12)21(15,17)18/h8,10-11H,3-7H2,1-2H3. The average Bonchev–Trinajstić information content (AvgIpc) is 2.81. The highest BCUT2D eigenvalue weighted by molar-refractivity contribution is 8.13. The molecule has 2 atom stereocenters. The Labute approximate surface area is 129 Å². The van der Waals surface area contributed by atoms with Gasteiger partial charge in [0, 0.05) is 16.7 Å². The Morgan fingerprint density at radius 1 is 1.43 bits per heavy atom. The van der Waals surface area contributed by atoms with Crippen LogP contribution in [-0.2, 0) is 13.8 Å². The summed E-state index contributed by atoms with van der Waals surface area (Å²) in [5.41, 5.74) is 0. The van der Waals surface area contributed by atoms with Crippen LogP contribution in [-0.4, -0.2) is 20.5 Å². The Morgan fingerprint density at radius 3 is 2.67 bits per heavy atom. The number of carbonyl (C=O) groups is 1. The van der Waals surface area contributed by atoms with Gasteiger partial charge in [-0.05, 0) is 38.5 Å². The van der Waals surface area contributed by atoms with Crippen molar-refractivity contribution in [3.8, 4) is 0 Å². The third kappa shape index (κ3) is 3.80. The zero-order chi connectivity index (χ0) is 15.6. The maximum atomic E-state index is 12.1. The van der Waals surface area contributed by atoms with E-state index in [-0.39, 0.29) is 22.5 Å². The van der Waals surface area contributed by atoms with E-state index in [1.807, 2.05) is 0 Å². The van der Waals surface area contributed by atoms with Crippen molar-refractivity contribution in [1.29, 1.82) is 0 Å². The molecule has 2 rings (SSSR count). The molecule has 5 nitrogen and oxygen atoms in total. The van der Waals surface area contributed by atoms with Crippen LogP contribution < -0.4 is 0 Å². The highest BCUT2D eigenvalue weighted by Gasteiger charge is 2.29. The van der Waals surface area contributed by atoms with E-state index < -0.39 is 15.0 Å². The number of carbonyl (C=O) groups excluding carboxylic acids is 1. The number of halogens is 1. The summed E-state index contributed by atoms with van der Waals surface area (Å²) in [5.74, 6) is -0.301. The van der Waals surface area contributed by atoms with Gasteiger partial charge in [0.05, 0.1) is 0 Å². The van der Waals surface area contributed by atoms with Gasteiger partial charge in [-0.2, -0.15) is 0 Å². The number of aryl methyl sites for hydroxylation is 1. The van der Waals surface area contributed by atoms with Crippen LogP contribution in [0.25, 0.3) is 0 Å². The Morgan fingerprint density at radius 2 is 2.10 bits per heavy atom. The molecule has 1 aromatic rings.